The third kappa shape index (κ3) is 2.66. The van der Waals surface area contributed by atoms with E-state index in [1.807, 2.05) is 32.0 Å². The fraction of sp³-hybridized carbons (Fsp3) is 0.529. The zero-order chi connectivity index (χ0) is 17.6. The summed E-state index contributed by atoms with van der Waals surface area (Å²) >= 11 is 0. The average Bonchev–Trinajstić information content (AvgIpc) is 3.11. The lowest BCUT2D eigenvalue weighted by Crippen LogP contribution is -2.55. The summed E-state index contributed by atoms with van der Waals surface area (Å²) in [5, 5.41) is 25.0. The Hall–Kier alpha value is -2.48. The van der Waals surface area contributed by atoms with E-state index in [1.165, 1.54) is 0 Å². The van der Waals surface area contributed by atoms with Gasteiger partial charge in [0.25, 0.3) is 0 Å². The molecule has 0 spiro atoms. The molecule has 0 saturated carbocycles. The van der Waals surface area contributed by atoms with Crippen molar-refractivity contribution in [1.82, 2.24) is 25.5 Å². The Bertz CT molecular complexity index is 790. The van der Waals surface area contributed by atoms with Gasteiger partial charge < -0.3 is 14.7 Å². The number of hydrogen-bond acceptors (Lipinski definition) is 6. The molecule has 2 atom stereocenters. The second-order valence-corrected chi connectivity index (χ2v) is 7.13. The summed E-state index contributed by atoms with van der Waals surface area (Å²) in [7, 11) is 0. The van der Waals surface area contributed by atoms with Crippen LogP contribution in [-0.4, -0.2) is 54.8 Å². The first-order valence-electron chi connectivity index (χ1n) is 8.52. The summed E-state index contributed by atoms with van der Waals surface area (Å²) in [4.78, 5) is 14.3. The highest BCUT2D eigenvalue weighted by molar-refractivity contribution is 5.78. The summed E-state index contributed by atoms with van der Waals surface area (Å²) in [6, 6.07) is 5.13. The first-order valence-corrected chi connectivity index (χ1v) is 8.52. The van der Waals surface area contributed by atoms with Crippen LogP contribution in [0.5, 0.6) is 5.75 Å². The lowest BCUT2D eigenvalue weighted by Gasteiger charge is -2.47. The number of nitrogens with one attached hydrogen (secondary N) is 1. The number of H-pyrrole nitrogens is 1. The molecule has 0 aliphatic carbocycles. The van der Waals surface area contributed by atoms with E-state index in [4.69, 9.17) is 4.74 Å². The topological polar surface area (TPSA) is 104 Å². The standard InChI is InChI=1S/C17H21N5O3/c1-17(2)15(24)14(22-8-4-3-5-13(22)23)11-9-10(6-7-12(11)25-17)16-18-20-21-19-16/h6-7,9,14-15,24H,3-5,8H2,1-2H3,(H,18,19,20,21)/t14-,15+/m1/s1. The Balaban J connectivity index is 1.82. The predicted octanol–water partition coefficient (Wildman–Crippen LogP) is 1.45. The number of fused-ring (bicyclic) bond motifs is 1. The van der Waals surface area contributed by atoms with Crippen LogP contribution in [0, 0.1) is 0 Å². The molecule has 0 bridgehead atoms. The molecule has 1 fully saturated rings. The van der Waals surface area contributed by atoms with Gasteiger partial charge in [-0.05, 0) is 50.1 Å². The highest BCUT2D eigenvalue weighted by Crippen LogP contribution is 2.44. The van der Waals surface area contributed by atoms with E-state index in [0.717, 1.165) is 24.0 Å². The van der Waals surface area contributed by atoms with E-state index >= 15 is 0 Å². The van der Waals surface area contributed by atoms with Crippen molar-refractivity contribution in [3.63, 3.8) is 0 Å². The number of aliphatic hydroxyl groups is 1. The summed E-state index contributed by atoms with van der Waals surface area (Å²) < 4.78 is 6.01. The maximum Gasteiger partial charge on any atom is 0.223 e. The van der Waals surface area contributed by atoms with Gasteiger partial charge in [0.05, 0.1) is 6.04 Å². The van der Waals surface area contributed by atoms with Crippen LogP contribution in [0.1, 0.15) is 44.7 Å². The maximum absolute atomic E-state index is 12.5. The molecule has 25 heavy (non-hydrogen) atoms. The minimum atomic E-state index is -0.831. The lowest BCUT2D eigenvalue weighted by atomic mass is 9.84. The van der Waals surface area contributed by atoms with Gasteiger partial charge in [-0.3, -0.25) is 4.79 Å². The second-order valence-electron chi connectivity index (χ2n) is 7.13. The minimum Gasteiger partial charge on any atom is -0.485 e. The van der Waals surface area contributed by atoms with Gasteiger partial charge in [-0.25, -0.2) is 0 Å². The number of carbonyl (C=O) groups is 1. The molecule has 0 unspecified atom stereocenters. The molecule has 8 heteroatoms. The van der Waals surface area contributed by atoms with Crippen LogP contribution in [0.25, 0.3) is 11.4 Å². The third-order valence-corrected chi connectivity index (χ3v) is 5.01. The van der Waals surface area contributed by atoms with Gasteiger partial charge in [0.1, 0.15) is 17.5 Å². The van der Waals surface area contributed by atoms with Crippen molar-refractivity contribution in [3.8, 4) is 17.1 Å². The first kappa shape index (κ1) is 16.0. The number of carbonyl (C=O) groups excluding carboxylic acids is 1. The summed E-state index contributed by atoms with van der Waals surface area (Å²) in [6.07, 6.45) is 1.52. The number of rotatable bonds is 2. The molecular formula is C17H21N5O3. The van der Waals surface area contributed by atoms with E-state index in [-0.39, 0.29) is 5.91 Å². The number of amides is 1. The summed E-state index contributed by atoms with van der Waals surface area (Å²) in [6.45, 7) is 4.33. The van der Waals surface area contributed by atoms with Crippen molar-refractivity contribution in [2.24, 2.45) is 0 Å². The largest absolute Gasteiger partial charge is 0.485 e. The Morgan fingerprint density at radius 3 is 2.92 bits per heavy atom. The summed E-state index contributed by atoms with van der Waals surface area (Å²) in [5.74, 6) is 1.21. The van der Waals surface area contributed by atoms with E-state index in [1.54, 1.807) is 4.90 Å². The van der Waals surface area contributed by atoms with Crippen molar-refractivity contribution in [2.45, 2.75) is 50.9 Å². The van der Waals surface area contributed by atoms with Gasteiger partial charge >= 0.3 is 0 Å². The van der Waals surface area contributed by atoms with Crippen LogP contribution in [0.4, 0.5) is 0 Å². The fourth-order valence-corrected chi connectivity index (χ4v) is 3.65. The number of aliphatic hydroxyl groups excluding tert-OH is 1. The number of nitrogens with zero attached hydrogens (tertiary/aromatic N) is 4. The zero-order valence-electron chi connectivity index (χ0n) is 14.3. The SMILES string of the molecule is CC1(C)Oc2ccc(-c3nn[nH]n3)cc2[C@@H](N2CCCCC2=O)[C@@H]1O. The van der Waals surface area contributed by atoms with Gasteiger partial charge in [0.15, 0.2) is 0 Å². The molecule has 2 aliphatic heterocycles. The monoisotopic (exact) mass is 343 g/mol. The highest BCUT2D eigenvalue weighted by atomic mass is 16.5. The van der Waals surface area contributed by atoms with Gasteiger partial charge in [-0.1, -0.05) is 0 Å². The Labute approximate surface area is 145 Å². The summed E-state index contributed by atoms with van der Waals surface area (Å²) in [5.41, 5.74) is 0.755. The number of likely N-dealkylation sites (tertiary alicyclic amines) is 1. The first-order chi connectivity index (χ1) is 12.0. The highest BCUT2D eigenvalue weighted by Gasteiger charge is 2.47. The van der Waals surface area contributed by atoms with Crippen molar-refractivity contribution < 1.29 is 14.6 Å². The number of ether oxygens (including phenoxy) is 1. The van der Waals surface area contributed by atoms with E-state index in [9.17, 15) is 9.90 Å². The normalized spacial score (nSPS) is 25.4. The van der Waals surface area contributed by atoms with Crippen LogP contribution in [0.2, 0.25) is 0 Å². The molecule has 0 radical (unpaired) electrons. The van der Waals surface area contributed by atoms with Crippen LogP contribution < -0.4 is 4.74 Å². The molecule has 1 saturated heterocycles. The molecule has 2 aliphatic rings. The van der Waals surface area contributed by atoms with E-state index < -0.39 is 17.7 Å². The van der Waals surface area contributed by atoms with E-state index in [0.29, 0.717) is 24.5 Å². The molecule has 4 rings (SSSR count). The van der Waals surface area contributed by atoms with E-state index in [2.05, 4.69) is 20.6 Å². The molecular weight excluding hydrogens is 322 g/mol. The van der Waals surface area contributed by atoms with Gasteiger partial charge in [0, 0.05) is 24.1 Å². The van der Waals surface area contributed by atoms with Crippen LogP contribution >= 0.6 is 0 Å². The number of hydrogen-bond donors (Lipinski definition) is 2. The lowest BCUT2D eigenvalue weighted by molar-refractivity contribution is -0.147. The predicted molar refractivity (Wildman–Crippen MR) is 88.6 cm³/mol. The molecule has 2 aromatic rings. The number of tetrazole rings is 1. The number of aromatic amines is 1. The number of piperidine rings is 1. The Morgan fingerprint density at radius 1 is 1.36 bits per heavy atom. The van der Waals surface area contributed by atoms with Gasteiger partial charge in [-0.2, -0.15) is 5.21 Å². The van der Waals surface area contributed by atoms with Crippen LogP contribution in [0.3, 0.4) is 0 Å². The van der Waals surface area contributed by atoms with Crippen molar-refractivity contribution >= 4 is 5.91 Å². The molecule has 2 N–H and O–H groups in total. The fourth-order valence-electron chi connectivity index (χ4n) is 3.65. The van der Waals surface area contributed by atoms with Crippen LogP contribution in [0.15, 0.2) is 18.2 Å². The minimum absolute atomic E-state index is 0.0731. The smallest absolute Gasteiger partial charge is 0.223 e. The van der Waals surface area contributed by atoms with Crippen molar-refractivity contribution in [1.29, 1.82) is 0 Å². The molecule has 3 heterocycles. The van der Waals surface area contributed by atoms with Gasteiger partial charge in [0.2, 0.25) is 11.7 Å². The Kier molecular flexibility index (Phi) is 3.72. The quantitative estimate of drug-likeness (QED) is 0.855. The van der Waals surface area contributed by atoms with Crippen molar-refractivity contribution in [2.75, 3.05) is 6.54 Å². The number of benzene rings is 1. The van der Waals surface area contributed by atoms with Crippen molar-refractivity contribution in [3.05, 3.63) is 23.8 Å². The maximum atomic E-state index is 12.5. The molecule has 1 amide bonds. The molecule has 1 aromatic heterocycles. The molecule has 132 valence electrons. The molecule has 1 aromatic carbocycles. The average molecular weight is 343 g/mol. The van der Waals surface area contributed by atoms with Crippen LogP contribution in [-0.2, 0) is 4.79 Å². The number of aromatic nitrogens is 4. The third-order valence-electron chi connectivity index (χ3n) is 5.01. The van der Waals surface area contributed by atoms with Gasteiger partial charge in [-0.15, -0.1) is 10.2 Å². The molecule has 8 nitrogen and oxygen atoms in total. The zero-order valence-corrected chi connectivity index (χ0v) is 14.3. The second kappa shape index (κ2) is 5.80. The Morgan fingerprint density at radius 2 is 2.20 bits per heavy atom.